The maximum Gasteiger partial charge on any atom is 0.466 e. The minimum Gasteiger partial charge on any atom is -0.743 e. The summed E-state index contributed by atoms with van der Waals surface area (Å²) < 4.78 is 107. The molecule has 0 rings (SSSR count). The minimum atomic E-state index is -6.44. The number of carbonyl (C=O) groups is 2. The van der Waals surface area contributed by atoms with E-state index in [9.17, 15) is 44.5 Å². The van der Waals surface area contributed by atoms with Crippen LogP contribution < -0.4 is 0 Å². The van der Waals surface area contributed by atoms with Crippen LogP contribution in [0.15, 0.2) is 12.7 Å². The van der Waals surface area contributed by atoms with Gasteiger partial charge in [0.25, 0.3) is 0 Å². The molecule has 0 aliphatic carbocycles. The Morgan fingerprint density at radius 1 is 1.11 bits per heavy atom. The number of amides is 1. The number of hydrogen-bond acceptors (Lipinski definition) is 7. The fourth-order valence-electron chi connectivity index (χ4n) is 2.07. The zero-order valence-electron chi connectivity index (χ0n) is 15.2. The minimum absolute atomic E-state index is 0.203. The van der Waals surface area contributed by atoms with Crippen molar-refractivity contribution in [3.63, 3.8) is 0 Å². The Labute approximate surface area is 158 Å². The molecule has 14 heteroatoms. The lowest BCUT2D eigenvalue weighted by Gasteiger charge is -2.40. The lowest BCUT2D eigenvalue weighted by molar-refractivity contribution is -0.356. The Balaban J connectivity index is 6.51. The van der Waals surface area contributed by atoms with Crippen molar-refractivity contribution in [3.05, 3.63) is 12.7 Å². The van der Waals surface area contributed by atoms with E-state index in [2.05, 4.69) is 16.1 Å². The molecular formula is C14H19F5NO7S-. The fraction of sp³-hybridized carbons (Fsp3) is 0.714. The molecule has 0 spiro atoms. The van der Waals surface area contributed by atoms with Gasteiger partial charge in [-0.2, -0.15) is 22.0 Å². The summed E-state index contributed by atoms with van der Waals surface area (Å²) in [6, 6.07) is -1.88. The molecule has 0 aromatic rings. The largest absolute Gasteiger partial charge is 0.743 e. The summed E-state index contributed by atoms with van der Waals surface area (Å²) in [5.74, 6) is -8.60. The van der Waals surface area contributed by atoms with E-state index in [0.717, 1.165) is 0 Å². The average Bonchev–Trinajstić information content (AvgIpc) is 2.47. The first kappa shape index (κ1) is 26.2. The Hall–Kier alpha value is -1.80. The summed E-state index contributed by atoms with van der Waals surface area (Å²) in [7, 11) is -6.44. The van der Waals surface area contributed by atoms with E-state index in [1.807, 2.05) is 0 Å². The Bertz CT molecular complexity index is 697. The van der Waals surface area contributed by atoms with Crippen molar-refractivity contribution in [2.24, 2.45) is 0 Å². The van der Waals surface area contributed by atoms with Crippen molar-refractivity contribution in [2.75, 3.05) is 6.61 Å². The van der Waals surface area contributed by atoms with Gasteiger partial charge in [0.15, 0.2) is 10.1 Å². The average molecular weight is 440 g/mol. The number of alkyl halides is 5. The molecule has 0 saturated heterocycles. The predicted molar refractivity (Wildman–Crippen MR) is 82.8 cm³/mol. The van der Waals surface area contributed by atoms with Crippen LogP contribution in [0.1, 0.15) is 27.7 Å². The smallest absolute Gasteiger partial charge is 0.466 e. The van der Waals surface area contributed by atoms with Crippen LogP contribution in [0, 0.1) is 0 Å². The highest BCUT2D eigenvalue weighted by Crippen LogP contribution is 2.39. The predicted octanol–water partition coefficient (Wildman–Crippen LogP) is 1.77. The van der Waals surface area contributed by atoms with Gasteiger partial charge in [-0.15, -0.1) is 0 Å². The number of carbonyl (C=O) groups excluding carboxylic acids is 2. The molecule has 0 N–H and O–H groups in total. The van der Waals surface area contributed by atoms with Crippen LogP contribution in [0.2, 0.25) is 0 Å². The van der Waals surface area contributed by atoms with Gasteiger partial charge in [0.05, 0.1) is 0 Å². The van der Waals surface area contributed by atoms with Crippen LogP contribution in [0.4, 0.5) is 22.0 Å². The first-order valence-electron chi connectivity index (χ1n) is 7.56. The van der Waals surface area contributed by atoms with Crippen LogP contribution >= 0.6 is 0 Å². The maximum atomic E-state index is 13.7. The Kier molecular flexibility index (Phi) is 8.14. The molecule has 8 nitrogen and oxygen atoms in total. The van der Waals surface area contributed by atoms with Gasteiger partial charge in [-0.3, -0.25) is 4.79 Å². The fourth-order valence-corrected chi connectivity index (χ4v) is 2.28. The molecule has 28 heavy (non-hydrogen) atoms. The molecule has 1 unspecified atom stereocenters. The van der Waals surface area contributed by atoms with Gasteiger partial charge in [-0.1, -0.05) is 6.58 Å². The van der Waals surface area contributed by atoms with Gasteiger partial charge in [0, 0.05) is 18.2 Å². The number of esters is 1. The maximum absolute atomic E-state index is 13.7. The van der Waals surface area contributed by atoms with Gasteiger partial charge in [-0.05, 0) is 27.7 Å². The molecule has 0 fully saturated rings. The van der Waals surface area contributed by atoms with E-state index in [1.165, 1.54) is 27.7 Å². The molecule has 0 aliphatic rings. The normalized spacial score (nSPS) is 15.3. The second kappa shape index (κ2) is 8.69. The van der Waals surface area contributed by atoms with Gasteiger partial charge in [0.2, 0.25) is 0 Å². The van der Waals surface area contributed by atoms with Crippen LogP contribution in [-0.2, 0) is 29.2 Å². The highest BCUT2D eigenvalue weighted by atomic mass is 32.2. The van der Waals surface area contributed by atoms with Crippen molar-refractivity contribution in [3.8, 4) is 0 Å². The van der Waals surface area contributed by atoms with Gasteiger partial charge in [0.1, 0.15) is 6.61 Å². The van der Waals surface area contributed by atoms with E-state index >= 15 is 0 Å². The van der Waals surface area contributed by atoms with Crippen LogP contribution in [-0.4, -0.2) is 65.7 Å². The number of ether oxygens (including phenoxy) is 2. The second-order valence-electron chi connectivity index (χ2n) is 6.02. The molecule has 0 aromatic heterocycles. The summed E-state index contributed by atoms with van der Waals surface area (Å²) in [4.78, 5) is 24.5. The zero-order valence-corrected chi connectivity index (χ0v) is 16.1. The standard InChI is InChI=1S/C14H20F5NO7S/c1-6-10(21)27-13(14(17,18)19,11(22)20(8(2)3)9(4)5)26-7-12(15,16)28(23,24)25/h6,8-9H,1,7H2,2-5H3,(H,23,24,25)/p-1. The molecule has 0 heterocycles. The lowest BCUT2D eigenvalue weighted by atomic mass is 10.1. The first-order chi connectivity index (χ1) is 12.3. The summed E-state index contributed by atoms with van der Waals surface area (Å²) in [6.07, 6.45) is -5.72. The summed E-state index contributed by atoms with van der Waals surface area (Å²) in [5.41, 5.74) is 0. The highest BCUT2D eigenvalue weighted by Gasteiger charge is 2.68. The number of halogens is 5. The lowest BCUT2D eigenvalue weighted by Crippen LogP contribution is -2.65. The molecule has 0 aliphatic heterocycles. The second-order valence-corrected chi connectivity index (χ2v) is 7.53. The molecule has 1 atom stereocenters. The molecule has 0 saturated carbocycles. The van der Waals surface area contributed by atoms with Crippen molar-refractivity contribution in [2.45, 2.75) is 57.0 Å². The zero-order chi connectivity index (χ0) is 22.7. The van der Waals surface area contributed by atoms with Crippen molar-refractivity contribution < 1.29 is 54.0 Å². The third-order valence-electron chi connectivity index (χ3n) is 3.22. The molecule has 1 amide bonds. The molecular weight excluding hydrogens is 421 g/mol. The van der Waals surface area contributed by atoms with Gasteiger partial charge in [-0.25, -0.2) is 13.2 Å². The number of hydrogen-bond donors (Lipinski definition) is 0. The third kappa shape index (κ3) is 5.61. The molecule has 0 aromatic carbocycles. The molecule has 164 valence electrons. The highest BCUT2D eigenvalue weighted by molar-refractivity contribution is 7.86. The topological polar surface area (TPSA) is 113 Å². The quantitative estimate of drug-likeness (QED) is 0.177. The monoisotopic (exact) mass is 440 g/mol. The summed E-state index contributed by atoms with van der Waals surface area (Å²) in [6.45, 7) is 5.27. The van der Waals surface area contributed by atoms with Crippen molar-refractivity contribution in [1.82, 2.24) is 4.90 Å². The third-order valence-corrected chi connectivity index (χ3v) is 4.07. The Morgan fingerprint density at radius 2 is 1.54 bits per heavy atom. The van der Waals surface area contributed by atoms with E-state index in [1.54, 1.807) is 0 Å². The van der Waals surface area contributed by atoms with Gasteiger partial charge >= 0.3 is 29.1 Å². The van der Waals surface area contributed by atoms with E-state index in [0.29, 0.717) is 4.90 Å². The van der Waals surface area contributed by atoms with E-state index in [4.69, 9.17) is 0 Å². The van der Waals surface area contributed by atoms with Crippen LogP contribution in [0.25, 0.3) is 0 Å². The molecule has 0 radical (unpaired) electrons. The van der Waals surface area contributed by atoms with Crippen LogP contribution in [0.3, 0.4) is 0 Å². The number of nitrogens with zero attached hydrogens (tertiary/aromatic N) is 1. The SMILES string of the molecule is C=CC(=O)OC(OCC(F)(F)S(=O)(=O)[O-])(C(=O)N(C(C)C)C(C)C)C(F)(F)F. The van der Waals surface area contributed by atoms with Crippen molar-refractivity contribution in [1.29, 1.82) is 0 Å². The molecule has 0 bridgehead atoms. The van der Waals surface area contributed by atoms with Crippen molar-refractivity contribution >= 4 is 22.0 Å². The first-order valence-corrected chi connectivity index (χ1v) is 8.97. The summed E-state index contributed by atoms with van der Waals surface area (Å²) in [5, 5.41) is -5.34. The van der Waals surface area contributed by atoms with Gasteiger partial charge < -0.3 is 18.9 Å². The Morgan fingerprint density at radius 3 is 1.82 bits per heavy atom. The number of rotatable bonds is 9. The summed E-state index contributed by atoms with van der Waals surface area (Å²) >= 11 is 0. The van der Waals surface area contributed by atoms with Crippen LogP contribution in [0.5, 0.6) is 0 Å². The van der Waals surface area contributed by atoms with E-state index < -0.39 is 57.9 Å². The van der Waals surface area contributed by atoms with E-state index in [-0.39, 0.29) is 6.08 Å².